The van der Waals surface area contributed by atoms with Gasteiger partial charge in [0.05, 0.1) is 0 Å². The predicted molar refractivity (Wildman–Crippen MR) is 66.9 cm³/mol. The quantitative estimate of drug-likeness (QED) is 0.754. The van der Waals surface area contributed by atoms with Crippen LogP contribution in [0.15, 0.2) is 18.2 Å². The van der Waals surface area contributed by atoms with Crippen LogP contribution >= 0.6 is 0 Å². The van der Waals surface area contributed by atoms with Crippen LogP contribution in [0.1, 0.15) is 51.1 Å². The zero-order chi connectivity index (χ0) is 12.7. The van der Waals surface area contributed by atoms with Crippen LogP contribution < -0.4 is 5.32 Å². The number of rotatable bonds is 7. The Hall–Kier alpha value is -0.960. The minimum Gasteiger partial charge on any atom is -0.310 e. The molecule has 1 unspecified atom stereocenters. The summed E-state index contributed by atoms with van der Waals surface area (Å²) < 4.78 is 26.5. The summed E-state index contributed by atoms with van der Waals surface area (Å²) in [7, 11) is 0. The molecule has 96 valence electrons. The third-order valence-corrected chi connectivity index (χ3v) is 2.83. The summed E-state index contributed by atoms with van der Waals surface area (Å²) in [6.45, 7) is 5.04. The van der Waals surface area contributed by atoms with Gasteiger partial charge in [0, 0.05) is 17.7 Å². The molecule has 0 heterocycles. The lowest BCUT2D eigenvalue weighted by Gasteiger charge is -2.19. The van der Waals surface area contributed by atoms with Crippen LogP contribution in [0.5, 0.6) is 0 Å². The third-order valence-electron chi connectivity index (χ3n) is 2.83. The molecule has 1 aromatic rings. The van der Waals surface area contributed by atoms with Gasteiger partial charge in [-0.1, -0.05) is 32.8 Å². The number of nitrogens with one attached hydrogen (secondary N) is 1. The molecule has 3 heteroatoms. The number of unbranched alkanes of at least 4 members (excludes halogenated alkanes) is 1. The molecule has 0 aliphatic carbocycles. The first-order valence-electron chi connectivity index (χ1n) is 6.37. The Morgan fingerprint density at radius 1 is 1.18 bits per heavy atom. The van der Waals surface area contributed by atoms with Gasteiger partial charge in [-0.05, 0) is 25.5 Å². The summed E-state index contributed by atoms with van der Waals surface area (Å²) in [4.78, 5) is 0. The second-order valence-corrected chi connectivity index (χ2v) is 4.31. The minimum atomic E-state index is -0.518. The Labute approximate surface area is 102 Å². The van der Waals surface area contributed by atoms with Crippen molar-refractivity contribution in [3.63, 3.8) is 0 Å². The van der Waals surface area contributed by atoms with Gasteiger partial charge in [-0.2, -0.15) is 0 Å². The van der Waals surface area contributed by atoms with Crippen LogP contribution in [-0.4, -0.2) is 6.54 Å². The van der Waals surface area contributed by atoms with Crippen molar-refractivity contribution in [2.24, 2.45) is 0 Å². The van der Waals surface area contributed by atoms with Gasteiger partial charge in [0.25, 0.3) is 0 Å². The first-order valence-corrected chi connectivity index (χ1v) is 6.37. The largest absolute Gasteiger partial charge is 0.310 e. The lowest BCUT2D eigenvalue weighted by molar-refractivity contribution is 0.456. The molecule has 0 spiro atoms. The van der Waals surface area contributed by atoms with E-state index in [0.29, 0.717) is 5.56 Å². The summed E-state index contributed by atoms with van der Waals surface area (Å²) in [6, 6.07) is 3.83. The average molecular weight is 241 g/mol. The van der Waals surface area contributed by atoms with Crippen LogP contribution in [0.2, 0.25) is 0 Å². The molecule has 1 atom stereocenters. The Bertz CT molecular complexity index is 331. The summed E-state index contributed by atoms with van der Waals surface area (Å²) in [5.41, 5.74) is 0.577. The smallest absolute Gasteiger partial charge is 0.130 e. The molecule has 1 aromatic carbocycles. The highest BCUT2D eigenvalue weighted by atomic mass is 19.1. The molecular formula is C14H21F2N. The highest BCUT2D eigenvalue weighted by molar-refractivity contribution is 5.22. The second-order valence-electron chi connectivity index (χ2n) is 4.31. The van der Waals surface area contributed by atoms with Crippen molar-refractivity contribution in [2.45, 2.75) is 45.6 Å². The zero-order valence-corrected chi connectivity index (χ0v) is 10.6. The molecule has 0 fully saturated rings. The highest BCUT2D eigenvalue weighted by Gasteiger charge is 2.14. The minimum absolute atomic E-state index is 0.00417. The van der Waals surface area contributed by atoms with E-state index < -0.39 is 11.6 Å². The Morgan fingerprint density at radius 3 is 2.53 bits per heavy atom. The molecule has 0 bridgehead atoms. The fourth-order valence-electron chi connectivity index (χ4n) is 1.88. The lowest BCUT2D eigenvalue weighted by atomic mass is 10.0. The Kier molecular flexibility index (Phi) is 6.12. The maximum atomic E-state index is 13.7. The Balaban J connectivity index is 2.79. The van der Waals surface area contributed by atoms with E-state index in [0.717, 1.165) is 38.3 Å². The van der Waals surface area contributed by atoms with Gasteiger partial charge in [-0.15, -0.1) is 0 Å². The maximum Gasteiger partial charge on any atom is 0.130 e. The maximum absolute atomic E-state index is 13.7. The van der Waals surface area contributed by atoms with E-state index in [1.807, 2.05) is 0 Å². The van der Waals surface area contributed by atoms with Crippen LogP contribution in [0, 0.1) is 11.6 Å². The lowest BCUT2D eigenvalue weighted by Crippen LogP contribution is -2.23. The van der Waals surface area contributed by atoms with Crippen molar-refractivity contribution < 1.29 is 8.78 Å². The molecule has 0 saturated heterocycles. The molecule has 0 saturated carbocycles. The van der Waals surface area contributed by atoms with Crippen LogP contribution in [0.3, 0.4) is 0 Å². The fraction of sp³-hybridized carbons (Fsp3) is 0.571. The molecule has 0 radical (unpaired) electrons. The van der Waals surface area contributed by atoms with Gasteiger partial charge in [-0.3, -0.25) is 0 Å². The number of halogens is 2. The van der Waals surface area contributed by atoms with Gasteiger partial charge in [0.15, 0.2) is 0 Å². The van der Waals surface area contributed by atoms with Crippen LogP contribution in [0.4, 0.5) is 8.78 Å². The highest BCUT2D eigenvalue weighted by Crippen LogP contribution is 2.23. The van der Waals surface area contributed by atoms with E-state index in [-0.39, 0.29) is 6.04 Å². The second kappa shape index (κ2) is 7.38. The average Bonchev–Trinajstić information content (AvgIpc) is 2.30. The molecule has 0 aliphatic rings. The molecule has 0 aromatic heterocycles. The standard InChI is InChI=1S/C14H21F2N/c1-3-5-6-14(17-9-4-2)12-8-7-11(15)10-13(12)16/h7-8,10,14,17H,3-6,9H2,1-2H3. The van der Waals surface area contributed by atoms with Crippen molar-refractivity contribution >= 4 is 0 Å². The van der Waals surface area contributed by atoms with Gasteiger partial charge in [0.2, 0.25) is 0 Å². The van der Waals surface area contributed by atoms with Gasteiger partial charge < -0.3 is 5.32 Å². The van der Waals surface area contributed by atoms with Gasteiger partial charge in [0.1, 0.15) is 11.6 Å². The van der Waals surface area contributed by atoms with Crippen molar-refractivity contribution in [1.29, 1.82) is 0 Å². The number of hydrogen-bond donors (Lipinski definition) is 1. The number of hydrogen-bond acceptors (Lipinski definition) is 1. The van der Waals surface area contributed by atoms with Gasteiger partial charge in [-0.25, -0.2) is 8.78 Å². The summed E-state index contributed by atoms with van der Waals surface area (Å²) in [5.74, 6) is -0.967. The van der Waals surface area contributed by atoms with Crippen LogP contribution in [0.25, 0.3) is 0 Å². The zero-order valence-electron chi connectivity index (χ0n) is 10.6. The van der Waals surface area contributed by atoms with E-state index in [4.69, 9.17) is 0 Å². The first-order chi connectivity index (χ1) is 8.19. The van der Waals surface area contributed by atoms with Crippen molar-refractivity contribution in [3.05, 3.63) is 35.4 Å². The molecule has 1 nitrogen and oxygen atoms in total. The summed E-state index contributed by atoms with van der Waals surface area (Å²) in [5, 5.41) is 3.32. The van der Waals surface area contributed by atoms with E-state index in [1.54, 1.807) is 6.07 Å². The van der Waals surface area contributed by atoms with Crippen molar-refractivity contribution in [1.82, 2.24) is 5.32 Å². The molecule has 0 amide bonds. The predicted octanol–water partition coefficient (Wildman–Crippen LogP) is 4.20. The van der Waals surface area contributed by atoms with E-state index in [9.17, 15) is 8.78 Å². The number of benzene rings is 1. The van der Waals surface area contributed by atoms with E-state index in [1.165, 1.54) is 6.07 Å². The van der Waals surface area contributed by atoms with Gasteiger partial charge >= 0.3 is 0 Å². The Morgan fingerprint density at radius 2 is 1.94 bits per heavy atom. The third kappa shape index (κ3) is 4.43. The van der Waals surface area contributed by atoms with Crippen molar-refractivity contribution in [2.75, 3.05) is 6.54 Å². The fourth-order valence-corrected chi connectivity index (χ4v) is 1.88. The molecule has 1 N–H and O–H groups in total. The molecule has 0 aliphatic heterocycles. The summed E-state index contributed by atoms with van der Waals surface area (Å²) >= 11 is 0. The SMILES string of the molecule is CCCCC(NCCC)c1ccc(F)cc1F. The molecule has 17 heavy (non-hydrogen) atoms. The topological polar surface area (TPSA) is 12.0 Å². The van der Waals surface area contributed by atoms with E-state index >= 15 is 0 Å². The van der Waals surface area contributed by atoms with Crippen LogP contribution in [-0.2, 0) is 0 Å². The first kappa shape index (κ1) is 14.1. The van der Waals surface area contributed by atoms with Crippen molar-refractivity contribution in [3.8, 4) is 0 Å². The molecular weight excluding hydrogens is 220 g/mol. The normalized spacial score (nSPS) is 12.7. The molecule has 1 rings (SSSR count). The monoisotopic (exact) mass is 241 g/mol. The summed E-state index contributed by atoms with van der Waals surface area (Å²) in [6.07, 6.45) is 4.01. The van der Waals surface area contributed by atoms with E-state index in [2.05, 4.69) is 19.2 Å².